The molecule has 2 heterocycles. The van der Waals surface area contributed by atoms with Crippen molar-refractivity contribution in [1.82, 2.24) is 20.1 Å². The SMILES string of the molecule is Cc1cc([C@@H](C)OC[C@]2(c3ccccc3)CC[C@](CO)(n3cnnc3)CN2)cc(C(F)(F)F)c1. The summed E-state index contributed by atoms with van der Waals surface area (Å²) in [6.45, 7) is 4.06. The van der Waals surface area contributed by atoms with Gasteiger partial charge in [-0.05, 0) is 49.9 Å². The normalized spacial score (nSPS) is 24.2. The third-order valence-corrected chi connectivity index (χ3v) is 6.84. The van der Waals surface area contributed by atoms with Crippen molar-refractivity contribution in [3.8, 4) is 0 Å². The Morgan fingerprint density at radius 2 is 1.82 bits per heavy atom. The number of aliphatic hydroxyl groups excluding tert-OH is 1. The maximum Gasteiger partial charge on any atom is 0.416 e. The lowest BCUT2D eigenvalue weighted by molar-refractivity contribution is -0.137. The van der Waals surface area contributed by atoms with Crippen LogP contribution < -0.4 is 5.32 Å². The number of piperidine rings is 1. The highest BCUT2D eigenvalue weighted by Crippen LogP contribution is 2.39. The molecule has 6 nitrogen and oxygen atoms in total. The smallest absolute Gasteiger partial charge is 0.394 e. The average molecular weight is 475 g/mol. The van der Waals surface area contributed by atoms with E-state index in [-0.39, 0.29) is 13.2 Å². The van der Waals surface area contributed by atoms with Crippen LogP contribution in [0.3, 0.4) is 0 Å². The zero-order valence-corrected chi connectivity index (χ0v) is 19.2. The fraction of sp³-hybridized carbons (Fsp3) is 0.440. The number of nitrogens with one attached hydrogen (secondary N) is 1. The number of aliphatic hydroxyl groups is 1. The van der Waals surface area contributed by atoms with Gasteiger partial charge in [0.2, 0.25) is 0 Å². The van der Waals surface area contributed by atoms with E-state index in [0.717, 1.165) is 17.7 Å². The Morgan fingerprint density at radius 3 is 2.41 bits per heavy atom. The van der Waals surface area contributed by atoms with E-state index in [1.807, 2.05) is 34.9 Å². The van der Waals surface area contributed by atoms with E-state index in [4.69, 9.17) is 4.74 Å². The second-order valence-corrected chi connectivity index (χ2v) is 9.14. The van der Waals surface area contributed by atoms with Gasteiger partial charge in [0.1, 0.15) is 12.7 Å². The van der Waals surface area contributed by atoms with Crippen molar-refractivity contribution in [2.75, 3.05) is 19.8 Å². The molecule has 0 amide bonds. The van der Waals surface area contributed by atoms with Gasteiger partial charge in [-0.15, -0.1) is 10.2 Å². The van der Waals surface area contributed by atoms with Gasteiger partial charge in [-0.3, -0.25) is 0 Å². The van der Waals surface area contributed by atoms with Gasteiger partial charge in [-0.2, -0.15) is 13.2 Å². The molecule has 4 rings (SSSR count). The third-order valence-electron chi connectivity index (χ3n) is 6.84. The van der Waals surface area contributed by atoms with Gasteiger partial charge in [-0.25, -0.2) is 0 Å². The molecule has 0 bridgehead atoms. The van der Waals surface area contributed by atoms with Crippen LogP contribution in [0.1, 0.15) is 48.1 Å². The number of rotatable bonds is 7. The molecule has 0 unspecified atom stereocenters. The van der Waals surface area contributed by atoms with E-state index in [1.165, 1.54) is 0 Å². The molecule has 1 saturated heterocycles. The molecule has 0 aliphatic carbocycles. The van der Waals surface area contributed by atoms with Crippen molar-refractivity contribution >= 4 is 0 Å². The third kappa shape index (κ3) is 4.87. The van der Waals surface area contributed by atoms with Crippen molar-refractivity contribution < 1.29 is 23.0 Å². The molecule has 9 heteroatoms. The Balaban J connectivity index is 1.57. The van der Waals surface area contributed by atoms with E-state index < -0.39 is 28.9 Å². The number of halogens is 3. The predicted octanol–water partition coefficient (Wildman–Crippen LogP) is 4.35. The summed E-state index contributed by atoms with van der Waals surface area (Å²) in [5, 5.41) is 21.5. The Labute approximate surface area is 196 Å². The molecule has 182 valence electrons. The first kappa shape index (κ1) is 24.4. The minimum absolute atomic E-state index is 0.0797. The highest BCUT2D eigenvalue weighted by atomic mass is 19.4. The monoisotopic (exact) mass is 474 g/mol. The summed E-state index contributed by atoms with van der Waals surface area (Å²) >= 11 is 0. The molecule has 1 aliphatic rings. The second-order valence-electron chi connectivity index (χ2n) is 9.14. The van der Waals surface area contributed by atoms with Gasteiger partial charge >= 0.3 is 6.18 Å². The number of ether oxygens (including phenoxy) is 1. The van der Waals surface area contributed by atoms with Gasteiger partial charge < -0.3 is 19.7 Å². The lowest BCUT2D eigenvalue weighted by Crippen LogP contribution is -2.60. The van der Waals surface area contributed by atoms with E-state index in [2.05, 4.69) is 15.5 Å². The van der Waals surface area contributed by atoms with Gasteiger partial charge in [0, 0.05) is 6.54 Å². The first-order chi connectivity index (χ1) is 16.2. The first-order valence-corrected chi connectivity index (χ1v) is 11.2. The molecular weight excluding hydrogens is 445 g/mol. The summed E-state index contributed by atoms with van der Waals surface area (Å²) in [7, 11) is 0. The average Bonchev–Trinajstić information content (AvgIpc) is 3.38. The summed E-state index contributed by atoms with van der Waals surface area (Å²) in [4.78, 5) is 0. The molecule has 0 radical (unpaired) electrons. The van der Waals surface area contributed by atoms with Crippen LogP contribution in [0.15, 0.2) is 61.2 Å². The number of hydrogen-bond acceptors (Lipinski definition) is 5. The maximum absolute atomic E-state index is 13.3. The van der Waals surface area contributed by atoms with Crippen molar-refractivity contribution in [1.29, 1.82) is 0 Å². The number of benzene rings is 2. The molecule has 1 aromatic heterocycles. The minimum atomic E-state index is -4.41. The lowest BCUT2D eigenvalue weighted by atomic mass is 9.76. The molecule has 3 aromatic rings. The fourth-order valence-electron chi connectivity index (χ4n) is 4.62. The molecule has 0 spiro atoms. The van der Waals surface area contributed by atoms with Crippen LogP contribution in [0.4, 0.5) is 13.2 Å². The fourth-order valence-corrected chi connectivity index (χ4v) is 4.62. The molecule has 2 aromatic carbocycles. The van der Waals surface area contributed by atoms with E-state index >= 15 is 0 Å². The second kappa shape index (κ2) is 9.48. The number of nitrogens with zero attached hydrogens (tertiary/aromatic N) is 3. The maximum atomic E-state index is 13.3. The highest BCUT2D eigenvalue weighted by Gasteiger charge is 2.45. The minimum Gasteiger partial charge on any atom is -0.394 e. The standard InChI is InChI=1S/C25H29F3N4O2/c1-18-10-20(12-22(11-18)25(26,27)28)19(2)34-15-24(21-6-4-3-5-7-21)9-8-23(14-33,13-29-24)32-16-30-31-17-32/h3-7,10-12,16-17,19,29,33H,8-9,13-15H2,1-2H3/t19-,23+,24+/m1/s1. The Hall–Kier alpha value is -2.75. The van der Waals surface area contributed by atoms with Gasteiger partial charge in [0.25, 0.3) is 0 Å². The summed E-state index contributed by atoms with van der Waals surface area (Å²) in [5.41, 5.74) is 0.242. The predicted molar refractivity (Wildman–Crippen MR) is 121 cm³/mol. The number of aromatic nitrogens is 3. The van der Waals surface area contributed by atoms with Gasteiger partial charge in [0.05, 0.1) is 36.0 Å². The van der Waals surface area contributed by atoms with Crippen LogP contribution in [0.5, 0.6) is 0 Å². The van der Waals surface area contributed by atoms with Crippen LogP contribution >= 0.6 is 0 Å². The molecule has 34 heavy (non-hydrogen) atoms. The van der Waals surface area contributed by atoms with E-state index in [0.29, 0.717) is 30.5 Å². The van der Waals surface area contributed by atoms with Crippen LogP contribution in [0, 0.1) is 6.92 Å². The van der Waals surface area contributed by atoms with Gasteiger partial charge in [-0.1, -0.05) is 42.0 Å². The molecule has 1 aliphatic heterocycles. The Kier molecular flexibility index (Phi) is 6.80. The Morgan fingerprint density at radius 1 is 1.12 bits per heavy atom. The molecular formula is C25H29F3N4O2. The summed E-state index contributed by atoms with van der Waals surface area (Å²) in [6, 6.07) is 13.9. The van der Waals surface area contributed by atoms with Crippen LogP contribution in [-0.2, 0) is 22.0 Å². The Bertz CT molecular complexity index is 1080. The quantitative estimate of drug-likeness (QED) is 0.533. The first-order valence-electron chi connectivity index (χ1n) is 11.2. The van der Waals surface area contributed by atoms with Crippen molar-refractivity contribution in [3.63, 3.8) is 0 Å². The molecule has 1 fully saturated rings. The topological polar surface area (TPSA) is 72.2 Å². The molecule has 2 N–H and O–H groups in total. The largest absolute Gasteiger partial charge is 0.416 e. The summed E-state index contributed by atoms with van der Waals surface area (Å²) < 4.78 is 48.0. The highest BCUT2D eigenvalue weighted by molar-refractivity contribution is 5.32. The van der Waals surface area contributed by atoms with E-state index in [1.54, 1.807) is 32.6 Å². The summed E-state index contributed by atoms with van der Waals surface area (Å²) in [5.74, 6) is 0. The van der Waals surface area contributed by atoms with Gasteiger partial charge in [0.15, 0.2) is 0 Å². The van der Waals surface area contributed by atoms with Crippen LogP contribution in [0.2, 0.25) is 0 Å². The van der Waals surface area contributed by atoms with Crippen LogP contribution in [0.25, 0.3) is 0 Å². The number of aryl methyl sites for hydroxylation is 1. The number of alkyl halides is 3. The van der Waals surface area contributed by atoms with E-state index in [9.17, 15) is 18.3 Å². The molecule has 0 saturated carbocycles. The molecule has 3 atom stereocenters. The van der Waals surface area contributed by atoms with Crippen molar-refractivity contribution in [2.24, 2.45) is 0 Å². The zero-order valence-electron chi connectivity index (χ0n) is 19.2. The van der Waals surface area contributed by atoms with Crippen LogP contribution in [-0.4, -0.2) is 39.6 Å². The number of hydrogen-bond donors (Lipinski definition) is 2. The van der Waals surface area contributed by atoms with Crippen molar-refractivity contribution in [3.05, 3.63) is 83.4 Å². The lowest BCUT2D eigenvalue weighted by Gasteiger charge is -2.47. The van der Waals surface area contributed by atoms with Crippen molar-refractivity contribution in [2.45, 2.75) is 50.0 Å². The zero-order chi connectivity index (χ0) is 24.4. The summed E-state index contributed by atoms with van der Waals surface area (Å²) in [6.07, 6.45) is -0.463.